The van der Waals surface area contributed by atoms with Crippen LogP contribution >= 0.6 is 11.6 Å². The molecule has 0 saturated heterocycles. The Morgan fingerprint density at radius 3 is 2.41 bits per heavy atom. The first-order valence-electron chi connectivity index (χ1n) is 7.46. The molecule has 0 amide bonds. The molecule has 0 aliphatic heterocycles. The standard InChI is InChI=1S/C18H23ClN2O/c1-21(2)12-11-20-13-15-7-4-6-10-18(15)22-14-16-8-3-5-9-17(16)19/h3-10,20H,11-14H2,1-2H3. The fraction of sp³-hybridized carbons (Fsp3) is 0.333. The quantitative estimate of drug-likeness (QED) is 0.753. The molecule has 2 aromatic rings. The number of para-hydroxylation sites is 1. The highest BCUT2D eigenvalue weighted by Crippen LogP contribution is 2.21. The predicted molar refractivity (Wildman–Crippen MR) is 92.5 cm³/mol. The lowest BCUT2D eigenvalue weighted by atomic mass is 10.2. The van der Waals surface area contributed by atoms with Gasteiger partial charge < -0.3 is 15.0 Å². The molecule has 3 nitrogen and oxygen atoms in total. The highest BCUT2D eigenvalue weighted by atomic mass is 35.5. The van der Waals surface area contributed by atoms with Crippen LogP contribution in [0.3, 0.4) is 0 Å². The molecule has 4 heteroatoms. The summed E-state index contributed by atoms with van der Waals surface area (Å²) >= 11 is 6.17. The highest BCUT2D eigenvalue weighted by molar-refractivity contribution is 6.31. The first-order chi connectivity index (χ1) is 10.7. The lowest BCUT2D eigenvalue weighted by Gasteiger charge is -2.14. The molecule has 0 spiro atoms. The zero-order valence-corrected chi connectivity index (χ0v) is 13.9. The molecular weight excluding hydrogens is 296 g/mol. The van der Waals surface area contributed by atoms with Gasteiger partial charge in [0.1, 0.15) is 12.4 Å². The minimum absolute atomic E-state index is 0.481. The highest BCUT2D eigenvalue weighted by Gasteiger charge is 2.05. The smallest absolute Gasteiger partial charge is 0.124 e. The van der Waals surface area contributed by atoms with E-state index in [0.717, 1.165) is 41.5 Å². The minimum Gasteiger partial charge on any atom is -0.489 e. The van der Waals surface area contributed by atoms with Crippen LogP contribution in [-0.4, -0.2) is 32.1 Å². The summed E-state index contributed by atoms with van der Waals surface area (Å²) in [5.74, 6) is 0.903. The monoisotopic (exact) mass is 318 g/mol. The van der Waals surface area contributed by atoms with Gasteiger partial charge in [-0.25, -0.2) is 0 Å². The number of hydrogen-bond donors (Lipinski definition) is 1. The van der Waals surface area contributed by atoms with Crippen molar-refractivity contribution in [3.8, 4) is 5.75 Å². The van der Waals surface area contributed by atoms with E-state index in [9.17, 15) is 0 Å². The maximum absolute atomic E-state index is 6.17. The molecule has 0 aromatic heterocycles. The molecule has 0 bridgehead atoms. The Balaban J connectivity index is 1.92. The molecule has 0 aliphatic carbocycles. The summed E-state index contributed by atoms with van der Waals surface area (Å²) in [5.41, 5.74) is 2.16. The van der Waals surface area contributed by atoms with Gasteiger partial charge in [0.25, 0.3) is 0 Å². The molecule has 0 heterocycles. The molecule has 0 radical (unpaired) electrons. The number of halogens is 1. The van der Waals surface area contributed by atoms with Crippen molar-refractivity contribution < 1.29 is 4.74 Å². The van der Waals surface area contributed by atoms with Crippen LogP contribution in [0.25, 0.3) is 0 Å². The minimum atomic E-state index is 0.481. The van der Waals surface area contributed by atoms with Crippen LogP contribution in [0.4, 0.5) is 0 Å². The molecule has 0 saturated carbocycles. The Morgan fingerprint density at radius 1 is 1.00 bits per heavy atom. The van der Waals surface area contributed by atoms with E-state index in [1.807, 2.05) is 42.5 Å². The van der Waals surface area contributed by atoms with Gasteiger partial charge in [-0.3, -0.25) is 0 Å². The molecular formula is C18H23ClN2O. The van der Waals surface area contributed by atoms with E-state index >= 15 is 0 Å². The summed E-state index contributed by atoms with van der Waals surface area (Å²) in [5, 5.41) is 4.18. The van der Waals surface area contributed by atoms with Gasteiger partial charge >= 0.3 is 0 Å². The summed E-state index contributed by atoms with van der Waals surface area (Å²) in [6.07, 6.45) is 0. The van der Waals surface area contributed by atoms with Gasteiger partial charge in [-0.1, -0.05) is 48.0 Å². The van der Waals surface area contributed by atoms with Crippen LogP contribution in [0.2, 0.25) is 5.02 Å². The van der Waals surface area contributed by atoms with Gasteiger partial charge in [0, 0.05) is 35.8 Å². The second kappa shape index (κ2) is 8.79. The summed E-state index contributed by atoms with van der Waals surface area (Å²) < 4.78 is 5.95. The van der Waals surface area contributed by atoms with Crippen LogP contribution in [-0.2, 0) is 13.2 Å². The first kappa shape index (κ1) is 16.8. The second-order valence-corrected chi connectivity index (χ2v) is 5.88. The van der Waals surface area contributed by atoms with Crippen molar-refractivity contribution in [2.24, 2.45) is 0 Å². The average molecular weight is 319 g/mol. The summed E-state index contributed by atoms with van der Waals surface area (Å²) in [7, 11) is 4.14. The second-order valence-electron chi connectivity index (χ2n) is 5.47. The van der Waals surface area contributed by atoms with E-state index in [4.69, 9.17) is 16.3 Å². The SMILES string of the molecule is CN(C)CCNCc1ccccc1OCc1ccccc1Cl. The summed E-state index contributed by atoms with van der Waals surface area (Å²) in [4.78, 5) is 2.16. The number of nitrogens with zero attached hydrogens (tertiary/aromatic N) is 1. The van der Waals surface area contributed by atoms with E-state index in [2.05, 4.69) is 30.4 Å². The lowest BCUT2D eigenvalue weighted by molar-refractivity contribution is 0.302. The van der Waals surface area contributed by atoms with Crippen LogP contribution in [0, 0.1) is 0 Å². The normalized spacial score (nSPS) is 10.9. The predicted octanol–water partition coefficient (Wildman–Crippen LogP) is 3.57. The number of ether oxygens (including phenoxy) is 1. The fourth-order valence-electron chi connectivity index (χ4n) is 2.09. The maximum Gasteiger partial charge on any atom is 0.124 e. The molecule has 22 heavy (non-hydrogen) atoms. The fourth-order valence-corrected chi connectivity index (χ4v) is 2.28. The van der Waals surface area contributed by atoms with Gasteiger partial charge in [-0.05, 0) is 26.2 Å². The van der Waals surface area contributed by atoms with Gasteiger partial charge in [-0.2, -0.15) is 0 Å². The average Bonchev–Trinajstić information content (AvgIpc) is 2.51. The van der Waals surface area contributed by atoms with Crippen LogP contribution in [0.15, 0.2) is 48.5 Å². The Labute approximate surface area is 137 Å². The van der Waals surface area contributed by atoms with Crippen molar-refractivity contribution in [3.63, 3.8) is 0 Å². The van der Waals surface area contributed by atoms with E-state index in [-0.39, 0.29) is 0 Å². The molecule has 0 unspecified atom stereocenters. The lowest BCUT2D eigenvalue weighted by Crippen LogP contribution is -2.26. The Bertz CT molecular complexity index is 587. The number of nitrogens with one attached hydrogen (secondary N) is 1. The van der Waals surface area contributed by atoms with E-state index in [0.29, 0.717) is 6.61 Å². The van der Waals surface area contributed by atoms with Gasteiger partial charge in [0.05, 0.1) is 0 Å². The van der Waals surface area contributed by atoms with E-state index < -0.39 is 0 Å². The Hall–Kier alpha value is -1.55. The van der Waals surface area contributed by atoms with E-state index in [1.165, 1.54) is 0 Å². The Morgan fingerprint density at radius 2 is 1.68 bits per heavy atom. The molecule has 2 rings (SSSR count). The first-order valence-corrected chi connectivity index (χ1v) is 7.84. The third-order valence-electron chi connectivity index (χ3n) is 3.36. The third kappa shape index (κ3) is 5.34. The van der Waals surface area contributed by atoms with Crippen molar-refractivity contribution in [2.75, 3.05) is 27.2 Å². The van der Waals surface area contributed by atoms with E-state index in [1.54, 1.807) is 0 Å². The van der Waals surface area contributed by atoms with Crippen molar-refractivity contribution in [2.45, 2.75) is 13.2 Å². The number of likely N-dealkylation sites (N-methyl/N-ethyl adjacent to an activating group) is 1. The summed E-state index contributed by atoms with van der Waals surface area (Å²) in [6.45, 7) is 3.25. The van der Waals surface area contributed by atoms with Crippen LogP contribution in [0.1, 0.15) is 11.1 Å². The Kier molecular flexibility index (Phi) is 6.72. The molecule has 1 N–H and O–H groups in total. The molecule has 0 fully saturated rings. The van der Waals surface area contributed by atoms with Gasteiger partial charge in [0.15, 0.2) is 0 Å². The number of rotatable bonds is 8. The maximum atomic E-state index is 6.17. The van der Waals surface area contributed by atoms with Gasteiger partial charge in [0.2, 0.25) is 0 Å². The van der Waals surface area contributed by atoms with Crippen LogP contribution < -0.4 is 10.1 Å². The molecule has 2 aromatic carbocycles. The van der Waals surface area contributed by atoms with Crippen LogP contribution in [0.5, 0.6) is 5.75 Å². The topological polar surface area (TPSA) is 24.5 Å². The van der Waals surface area contributed by atoms with Gasteiger partial charge in [-0.15, -0.1) is 0 Å². The zero-order valence-electron chi connectivity index (χ0n) is 13.2. The molecule has 0 aliphatic rings. The zero-order chi connectivity index (χ0) is 15.8. The van der Waals surface area contributed by atoms with Crippen molar-refractivity contribution in [1.82, 2.24) is 10.2 Å². The summed E-state index contributed by atoms with van der Waals surface area (Å²) in [6, 6.07) is 15.9. The molecule has 118 valence electrons. The van der Waals surface area contributed by atoms with Crippen molar-refractivity contribution in [1.29, 1.82) is 0 Å². The molecule has 0 atom stereocenters. The van der Waals surface area contributed by atoms with Crippen molar-refractivity contribution in [3.05, 3.63) is 64.7 Å². The largest absolute Gasteiger partial charge is 0.489 e. The number of benzene rings is 2. The third-order valence-corrected chi connectivity index (χ3v) is 3.73. The number of hydrogen-bond acceptors (Lipinski definition) is 3. The van der Waals surface area contributed by atoms with Crippen molar-refractivity contribution >= 4 is 11.6 Å².